The summed E-state index contributed by atoms with van der Waals surface area (Å²) in [6.45, 7) is 0.167. The molecule has 0 aliphatic heterocycles. The molecule has 3 aromatic carbocycles. The van der Waals surface area contributed by atoms with Gasteiger partial charge in [0.05, 0.1) is 19.6 Å². The van der Waals surface area contributed by atoms with Gasteiger partial charge in [-0.25, -0.2) is 4.79 Å². The highest BCUT2D eigenvalue weighted by molar-refractivity contribution is 6.05. The molecule has 7 nitrogen and oxygen atoms in total. The minimum Gasteiger partial charge on any atom is -0.497 e. The van der Waals surface area contributed by atoms with E-state index >= 15 is 0 Å². The van der Waals surface area contributed by atoms with Gasteiger partial charge in [0.2, 0.25) is 0 Å². The minimum atomic E-state index is -0.432. The van der Waals surface area contributed by atoms with Crippen molar-refractivity contribution in [1.82, 2.24) is 0 Å². The summed E-state index contributed by atoms with van der Waals surface area (Å²) < 4.78 is 21.8. The van der Waals surface area contributed by atoms with Gasteiger partial charge in [0.25, 0.3) is 0 Å². The fourth-order valence-corrected chi connectivity index (χ4v) is 3.32. The quantitative estimate of drug-likeness (QED) is 0.191. The Morgan fingerprint density at radius 3 is 2.19 bits per heavy atom. The lowest BCUT2D eigenvalue weighted by molar-refractivity contribution is 0.210. The van der Waals surface area contributed by atoms with Gasteiger partial charge in [0.15, 0.2) is 0 Å². The summed E-state index contributed by atoms with van der Waals surface area (Å²) in [6, 6.07) is 18.1. The summed E-state index contributed by atoms with van der Waals surface area (Å²) in [5.41, 5.74) is 1.46. The summed E-state index contributed by atoms with van der Waals surface area (Å²) >= 11 is 0. The molecule has 0 fully saturated rings. The second-order valence-corrected chi connectivity index (χ2v) is 6.70. The van der Waals surface area contributed by atoms with E-state index in [0.29, 0.717) is 28.2 Å². The van der Waals surface area contributed by atoms with Crippen LogP contribution in [0.25, 0.3) is 21.7 Å². The fourth-order valence-electron chi connectivity index (χ4n) is 3.32. The second-order valence-electron chi connectivity index (χ2n) is 6.70. The molecule has 4 rings (SSSR count). The van der Waals surface area contributed by atoms with E-state index in [0.717, 1.165) is 22.1 Å². The molecule has 1 aromatic heterocycles. The monoisotopic (exact) mass is 419 g/mol. The first-order valence-corrected chi connectivity index (χ1v) is 9.55. The summed E-state index contributed by atoms with van der Waals surface area (Å²) in [6.07, 6.45) is 0. The molecule has 0 radical (unpaired) electrons. The van der Waals surface area contributed by atoms with Gasteiger partial charge < -0.3 is 23.5 Å². The maximum Gasteiger partial charge on any atom is 0.344 e. The van der Waals surface area contributed by atoms with Crippen LogP contribution in [-0.2, 0) is 4.84 Å². The van der Waals surface area contributed by atoms with Gasteiger partial charge in [0, 0.05) is 22.4 Å². The van der Waals surface area contributed by atoms with Crippen molar-refractivity contribution in [1.29, 1.82) is 0 Å². The maximum atomic E-state index is 12.5. The van der Waals surface area contributed by atoms with Crippen molar-refractivity contribution < 1.29 is 23.5 Å². The number of oxime groups is 1. The molecule has 31 heavy (non-hydrogen) atoms. The molecule has 7 heteroatoms. The zero-order chi connectivity index (χ0) is 21.8. The Hall–Kier alpha value is -4.00. The van der Waals surface area contributed by atoms with Gasteiger partial charge in [-0.2, -0.15) is 0 Å². The third kappa shape index (κ3) is 4.16. The maximum absolute atomic E-state index is 12.5. The van der Waals surface area contributed by atoms with Crippen molar-refractivity contribution in [3.05, 3.63) is 76.6 Å². The first-order valence-electron chi connectivity index (χ1n) is 9.55. The van der Waals surface area contributed by atoms with Gasteiger partial charge in [-0.15, -0.1) is 0 Å². The lowest BCUT2D eigenvalue weighted by Crippen LogP contribution is -2.13. The Morgan fingerprint density at radius 1 is 0.806 bits per heavy atom. The average Bonchev–Trinajstić information content (AvgIpc) is 2.81. The fraction of sp³-hybridized carbons (Fsp3) is 0.167. The third-order valence-electron chi connectivity index (χ3n) is 4.89. The second kappa shape index (κ2) is 8.79. The highest BCUT2D eigenvalue weighted by Gasteiger charge is 2.11. The number of hydrogen-bond acceptors (Lipinski definition) is 7. The van der Waals surface area contributed by atoms with E-state index in [9.17, 15) is 4.79 Å². The Kier molecular flexibility index (Phi) is 5.75. The molecule has 1 heterocycles. The van der Waals surface area contributed by atoms with Gasteiger partial charge in [-0.3, -0.25) is 0 Å². The Bertz CT molecular complexity index is 1310. The lowest BCUT2D eigenvalue weighted by atomic mass is 10.1. The van der Waals surface area contributed by atoms with Crippen LogP contribution >= 0.6 is 0 Å². The van der Waals surface area contributed by atoms with E-state index in [-0.39, 0.29) is 6.61 Å². The number of fused-ring (bicyclic) bond motifs is 3. The normalized spacial score (nSPS) is 11.5. The van der Waals surface area contributed by atoms with Crippen LogP contribution in [0.15, 0.2) is 75.0 Å². The molecule has 0 bridgehead atoms. The first kappa shape index (κ1) is 20.3. The highest BCUT2D eigenvalue weighted by atomic mass is 16.6. The van der Waals surface area contributed by atoms with Crippen LogP contribution in [0.2, 0.25) is 0 Å². The number of rotatable bonds is 7. The summed E-state index contributed by atoms with van der Waals surface area (Å²) in [5.74, 6) is 1.89. The molecular formula is C24H21NO6. The zero-order valence-corrected chi connectivity index (χ0v) is 17.4. The largest absolute Gasteiger partial charge is 0.497 e. The average molecular weight is 419 g/mol. The number of hydrogen-bond donors (Lipinski definition) is 0. The van der Waals surface area contributed by atoms with Crippen molar-refractivity contribution in [2.45, 2.75) is 0 Å². The van der Waals surface area contributed by atoms with Crippen molar-refractivity contribution in [3.63, 3.8) is 0 Å². The Balaban J connectivity index is 1.62. The standard InChI is InChI=1S/C24H21NO6/c1-27-16-6-4-15(5-7-16)22(25-29-3)14-30-18-9-11-20-19-10-8-17(28-2)12-21(19)24(26)31-23(20)13-18/h4-13H,14H2,1-3H3/b25-22+. The summed E-state index contributed by atoms with van der Waals surface area (Å²) in [5, 5.41) is 6.13. The molecule has 0 aliphatic carbocycles. The summed E-state index contributed by atoms with van der Waals surface area (Å²) in [4.78, 5) is 17.4. The SMILES string of the molecule is CO/N=C(\COc1ccc2c(c1)oc(=O)c1cc(OC)ccc12)c1ccc(OC)cc1. The van der Waals surface area contributed by atoms with E-state index in [1.807, 2.05) is 48.5 Å². The molecule has 0 spiro atoms. The van der Waals surface area contributed by atoms with E-state index < -0.39 is 5.63 Å². The van der Waals surface area contributed by atoms with E-state index in [1.165, 1.54) is 7.11 Å². The third-order valence-corrected chi connectivity index (χ3v) is 4.89. The van der Waals surface area contributed by atoms with Crippen LogP contribution in [0.4, 0.5) is 0 Å². The molecular weight excluding hydrogens is 398 g/mol. The van der Waals surface area contributed by atoms with Gasteiger partial charge >= 0.3 is 5.63 Å². The number of nitrogens with zero attached hydrogens (tertiary/aromatic N) is 1. The first-order chi connectivity index (χ1) is 15.1. The van der Waals surface area contributed by atoms with Crippen LogP contribution in [0.5, 0.6) is 17.2 Å². The van der Waals surface area contributed by atoms with Crippen LogP contribution in [0.1, 0.15) is 5.56 Å². The minimum absolute atomic E-state index is 0.167. The molecule has 4 aromatic rings. The predicted octanol–water partition coefficient (Wildman–Crippen LogP) is 4.39. The molecule has 0 saturated heterocycles. The van der Waals surface area contributed by atoms with E-state index in [1.54, 1.807) is 26.4 Å². The topological polar surface area (TPSA) is 79.5 Å². The molecule has 0 saturated carbocycles. The molecule has 158 valence electrons. The summed E-state index contributed by atoms with van der Waals surface area (Å²) in [7, 11) is 4.65. The van der Waals surface area contributed by atoms with Crippen LogP contribution in [0, 0.1) is 0 Å². The van der Waals surface area contributed by atoms with E-state index in [2.05, 4.69) is 5.16 Å². The molecule has 0 amide bonds. The molecule has 0 atom stereocenters. The molecule has 0 N–H and O–H groups in total. The van der Waals surface area contributed by atoms with Crippen molar-refractivity contribution >= 4 is 27.5 Å². The van der Waals surface area contributed by atoms with Gasteiger partial charge in [-0.1, -0.05) is 5.16 Å². The van der Waals surface area contributed by atoms with Gasteiger partial charge in [-0.05, 0) is 54.6 Å². The van der Waals surface area contributed by atoms with Crippen molar-refractivity contribution in [2.24, 2.45) is 5.16 Å². The van der Waals surface area contributed by atoms with Crippen molar-refractivity contribution in [2.75, 3.05) is 27.9 Å². The Labute approximate surface area is 178 Å². The Morgan fingerprint density at radius 2 is 1.48 bits per heavy atom. The number of ether oxygens (including phenoxy) is 3. The van der Waals surface area contributed by atoms with Crippen LogP contribution in [-0.4, -0.2) is 33.6 Å². The van der Waals surface area contributed by atoms with Crippen molar-refractivity contribution in [3.8, 4) is 17.2 Å². The lowest BCUT2D eigenvalue weighted by Gasteiger charge is -2.10. The van der Waals surface area contributed by atoms with E-state index in [4.69, 9.17) is 23.5 Å². The zero-order valence-electron chi connectivity index (χ0n) is 17.4. The smallest absolute Gasteiger partial charge is 0.344 e. The number of benzene rings is 3. The predicted molar refractivity (Wildman–Crippen MR) is 119 cm³/mol. The molecule has 0 unspecified atom stereocenters. The van der Waals surface area contributed by atoms with Gasteiger partial charge in [0.1, 0.15) is 42.3 Å². The van der Waals surface area contributed by atoms with Crippen LogP contribution in [0.3, 0.4) is 0 Å². The number of methoxy groups -OCH3 is 2. The highest BCUT2D eigenvalue weighted by Crippen LogP contribution is 2.28. The van der Waals surface area contributed by atoms with Crippen LogP contribution < -0.4 is 19.8 Å². The molecule has 0 aliphatic rings.